The number of piperidine rings is 1. The van der Waals surface area contributed by atoms with E-state index in [0.29, 0.717) is 19.1 Å². The lowest BCUT2D eigenvalue weighted by Crippen LogP contribution is -2.54. The van der Waals surface area contributed by atoms with Crippen molar-refractivity contribution in [2.45, 2.75) is 63.9 Å². The second-order valence-corrected chi connectivity index (χ2v) is 9.02. The van der Waals surface area contributed by atoms with Gasteiger partial charge in [0.05, 0.1) is 6.10 Å². The van der Waals surface area contributed by atoms with E-state index in [1.807, 2.05) is 4.90 Å². The largest absolute Gasteiger partial charge is 0.381 e. The minimum atomic E-state index is -0.103. The molecule has 4 bridgehead atoms. The van der Waals surface area contributed by atoms with Gasteiger partial charge in [-0.3, -0.25) is 9.59 Å². The van der Waals surface area contributed by atoms with Crippen molar-refractivity contribution in [3.63, 3.8) is 0 Å². The lowest BCUT2D eigenvalue weighted by molar-refractivity contribution is -0.146. The number of ether oxygens (including phenoxy) is 1. The molecule has 5 fully saturated rings. The van der Waals surface area contributed by atoms with Crippen molar-refractivity contribution in [1.29, 1.82) is 0 Å². The van der Waals surface area contributed by atoms with Crippen molar-refractivity contribution < 1.29 is 14.3 Å². The van der Waals surface area contributed by atoms with E-state index in [0.717, 1.165) is 62.9 Å². The van der Waals surface area contributed by atoms with E-state index in [1.165, 1.54) is 19.3 Å². The zero-order valence-corrected chi connectivity index (χ0v) is 15.5. The van der Waals surface area contributed by atoms with Crippen LogP contribution >= 0.6 is 0 Å². The molecular formula is C20H32N2O3. The molecule has 2 amide bonds. The number of hydrogen-bond acceptors (Lipinski definition) is 3. The average Bonchev–Trinajstić information content (AvgIpc) is 2.60. The zero-order valence-electron chi connectivity index (χ0n) is 15.5. The first-order chi connectivity index (χ1) is 12.1. The topological polar surface area (TPSA) is 58.6 Å². The van der Waals surface area contributed by atoms with Crippen LogP contribution in [-0.4, -0.2) is 49.6 Å². The summed E-state index contributed by atoms with van der Waals surface area (Å²) in [6, 6.07) is 0. The van der Waals surface area contributed by atoms with E-state index in [1.54, 1.807) is 7.11 Å². The number of nitrogens with one attached hydrogen (secondary N) is 1. The molecule has 0 aromatic rings. The number of nitrogens with zero attached hydrogens (tertiary/aromatic N) is 1. The van der Waals surface area contributed by atoms with Crippen molar-refractivity contribution in [3.8, 4) is 0 Å². The Bertz CT molecular complexity index is 490. The third-order valence-corrected chi connectivity index (χ3v) is 7.27. The van der Waals surface area contributed by atoms with E-state index < -0.39 is 0 Å². The molecular weight excluding hydrogens is 316 g/mol. The molecule has 4 aliphatic carbocycles. The summed E-state index contributed by atoms with van der Waals surface area (Å²) in [7, 11) is 1.74. The van der Waals surface area contributed by atoms with E-state index >= 15 is 0 Å². The Morgan fingerprint density at radius 2 is 1.60 bits per heavy atom. The normalized spacial score (nSPS) is 37.3. The first-order valence-electron chi connectivity index (χ1n) is 10.2. The minimum absolute atomic E-state index is 0.103. The zero-order chi connectivity index (χ0) is 17.4. The van der Waals surface area contributed by atoms with Gasteiger partial charge in [-0.2, -0.15) is 0 Å². The molecule has 140 valence electrons. The van der Waals surface area contributed by atoms with Crippen molar-refractivity contribution in [2.75, 3.05) is 26.7 Å². The smallest absolute Gasteiger partial charge is 0.226 e. The van der Waals surface area contributed by atoms with Crippen LogP contribution in [0.1, 0.15) is 57.8 Å². The number of amides is 2. The lowest BCUT2D eigenvalue weighted by Gasteiger charge is -2.55. The van der Waals surface area contributed by atoms with Gasteiger partial charge in [-0.25, -0.2) is 0 Å². The molecule has 0 aromatic heterocycles. The average molecular weight is 348 g/mol. The quantitative estimate of drug-likeness (QED) is 0.830. The van der Waals surface area contributed by atoms with Crippen molar-refractivity contribution >= 4 is 11.8 Å². The van der Waals surface area contributed by atoms with Crippen LogP contribution in [0.4, 0.5) is 0 Å². The van der Waals surface area contributed by atoms with Crippen LogP contribution in [0.3, 0.4) is 0 Å². The molecule has 0 unspecified atom stereocenters. The molecule has 0 aromatic carbocycles. The van der Waals surface area contributed by atoms with Gasteiger partial charge >= 0.3 is 0 Å². The number of methoxy groups -OCH3 is 1. The van der Waals surface area contributed by atoms with Gasteiger partial charge < -0.3 is 15.0 Å². The molecule has 25 heavy (non-hydrogen) atoms. The van der Waals surface area contributed by atoms with Crippen molar-refractivity contribution in [3.05, 3.63) is 0 Å². The van der Waals surface area contributed by atoms with Crippen LogP contribution in [0.2, 0.25) is 0 Å². The highest BCUT2D eigenvalue weighted by Gasteiger charge is 2.54. The Kier molecular flexibility index (Phi) is 4.78. The molecule has 5 heteroatoms. The fraction of sp³-hybridized carbons (Fsp3) is 0.900. The van der Waals surface area contributed by atoms with Crippen LogP contribution in [0.5, 0.6) is 0 Å². The van der Waals surface area contributed by atoms with Gasteiger partial charge in [0.25, 0.3) is 0 Å². The molecule has 1 aliphatic heterocycles. The molecule has 5 nitrogen and oxygen atoms in total. The maximum atomic E-state index is 12.9. The number of carbonyl (C=O) groups is 2. The number of hydrogen-bond donors (Lipinski definition) is 1. The van der Waals surface area contributed by atoms with E-state index in [-0.39, 0.29) is 17.2 Å². The number of carbonyl (C=O) groups excluding carboxylic acids is 2. The molecule has 1 N–H and O–H groups in total. The summed E-state index contributed by atoms with van der Waals surface area (Å²) in [6.07, 6.45) is 9.86. The lowest BCUT2D eigenvalue weighted by atomic mass is 9.49. The number of likely N-dealkylation sites (tertiary alicyclic amines) is 1. The van der Waals surface area contributed by atoms with Crippen molar-refractivity contribution in [1.82, 2.24) is 10.2 Å². The molecule has 1 heterocycles. The molecule has 0 spiro atoms. The van der Waals surface area contributed by atoms with Crippen molar-refractivity contribution in [2.24, 2.45) is 23.2 Å². The van der Waals surface area contributed by atoms with Crippen LogP contribution in [0, 0.1) is 23.2 Å². The first kappa shape index (κ1) is 17.3. The fourth-order valence-electron chi connectivity index (χ4n) is 6.36. The molecule has 5 aliphatic rings. The van der Waals surface area contributed by atoms with Gasteiger partial charge in [-0.15, -0.1) is 0 Å². The van der Waals surface area contributed by atoms with E-state index in [2.05, 4.69) is 5.32 Å². The molecule has 0 radical (unpaired) electrons. The SMILES string of the molecule is COC1CCN(C(=O)CCNC(=O)C23CC4CC(CC(C4)C2)C3)CC1. The standard InChI is InChI=1S/C20H32N2O3/c1-25-17-3-6-22(7-4-17)18(23)2-5-21-19(24)20-11-14-8-15(12-20)10-16(9-14)13-20/h14-17H,2-13H2,1H3,(H,21,24). The van der Waals surface area contributed by atoms with Crippen LogP contribution < -0.4 is 5.32 Å². The molecule has 1 saturated heterocycles. The highest BCUT2D eigenvalue weighted by molar-refractivity contribution is 5.84. The van der Waals surface area contributed by atoms with Gasteiger partial charge in [0, 0.05) is 38.6 Å². The molecule has 0 atom stereocenters. The number of rotatable bonds is 5. The van der Waals surface area contributed by atoms with E-state index in [9.17, 15) is 9.59 Å². The van der Waals surface area contributed by atoms with Gasteiger partial charge in [-0.1, -0.05) is 0 Å². The molecule has 5 rings (SSSR count). The maximum absolute atomic E-state index is 12.9. The van der Waals surface area contributed by atoms with Gasteiger partial charge in [-0.05, 0) is 69.1 Å². The van der Waals surface area contributed by atoms with Gasteiger partial charge in [0.15, 0.2) is 0 Å². The van der Waals surface area contributed by atoms with Gasteiger partial charge in [0.2, 0.25) is 11.8 Å². The fourth-order valence-corrected chi connectivity index (χ4v) is 6.36. The Labute approximate surface area is 150 Å². The Morgan fingerprint density at radius 3 is 2.12 bits per heavy atom. The highest BCUT2D eigenvalue weighted by atomic mass is 16.5. The summed E-state index contributed by atoms with van der Waals surface area (Å²) in [4.78, 5) is 27.2. The van der Waals surface area contributed by atoms with Crippen LogP contribution in [-0.2, 0) is 14.3 Å². The second-order valence-electron chi connectivity index (χ2n) is 9.02. The Hall–Kier alpha value is -1.10. The summed E-state index contributed by atoms with van der Waals surface area (Å²) in [5.41, 5.74) is -0.103. The second kappa shape index (κ2) is 6.90. The summed E-state index contributed by atoms with van der Waals surface area (Å²) in [6.45, 7) is 2.05. The first-order valence-corrected chi connectivity index (χ1v) is 10.2. The Morgan fingerprint density at radius 1 is 1.04 bits per heavy atom. The summed E-state index contributed by atoms with van der Waals surface area (Å²) in [5.74, 6) is 2.74. The Balaban J connectivity index is 1.24. The van der Waals surface area contributed by atoms with Gasteiger partial charge in [0.1, 0.15) is 0 Å². The monoisotopic (exact) mass is 348 g/mol. The third-order valence-electron chi connectivity index (χ3n) is 7.27. The predicted octanol–water partition coefficient (Wildman–Crippen LogP) is 2.35. The summed E-state index contributed by atoms with van der Waals surface area (Å²) < 4.78 is 5.35. The minimum Gasteiger partial charge on any atom is -0.381 e. The summed E-state index contributed by atoms with van der Waals surface area (Å²) >= 11 is 0. The maximum Gasteiger partial charge on any atom is 0.226 e. The van der Waals surface area contributed by atoms with Crippen LogP contribution in [0.25, 0.3) is 0 Å². The summed E-state index contributed by atoms with van der Waals surface area (Å²) in [5, 5.41) is 3.12. The van der Waals surface area contributed by atoms with Crippen LogP contribution in [0.15, 0.2) is 0 Å². The molecule has 4 saturated carbocycles. The third kappa shape index (κ3) is 3.44. The highest BCUT2D eigenvalue weighted by Crippen LogP contribution is 2.60. The van der Waals surface area contributed by atoms with E-state index in [4.69, 9.17) is 4.74 Å². The predicted molar refractivity (Wildman–Crippen MR) is 94.8 cm³/mol.